The minimum absolute atomic E-state index is 0.361. The van der Waals surface area contributed by atoms with E-state index in [-0.39, 0.29) is 0 Å². The van der Waals surface area contributed by atoms with E-state index in [2.05, 4.69) is 15.3 Å². The van der Waals surface area contributed by atoms with E-state index in [1.54, 1.807) is 17.5 Å². The number of hydrogen-bond acceptors (Lipinski definition) is 5. The van der Waals surface area contributed by atoms with E-state index in [1.807, 2.05) is 31.0 Å². The summed E-state index contributed by atoms with van der Waals surface area (Å²) in [4.78, 5) is 11.1. The summed E-state index contributed by atoms with van der Waals surface area (Å²) >= 11 is 6.68. The van der Waals surface area contributed by atoms with E-state index in [4.69, 9.17) is 18.0 Å². The van der Waals surface area contributed by atoms with Crippen molar-refractivity contribution in [2.75, 3.05) is 11.9 Å². The number of thiazole rings is 1. The SMILES string of the molecule is Cc1nc(CN(C)c2ncccc2C(N)=S)cs1. The first kappa shape index (κ1) is 12.9. The molecule has 0 spiro atoms. The second-order valence-corrected chi connectivity index (χ2v) is 5.45. The van der Waals surface area contributed by atoms with Gasteiger partial charge in [0.15, 0.2) is 0 Å². The van der Waals surface area contributed by atoms with Crippen LogP contribution in [0.4, 0.5) is 5.82 Å². The average Bonchev–Trinajstić information content (AvgIpc) is 2.74. The lowest BCUT2D eigenvalue weighted by Crippen LogP contribution is -2.22. The predicted octanol–water partition coefficient (Wildman–Crippen LogP) is 2.12. The molecule has 4 nitrogen and oxygen atoms in total. The van der Waals surface area contributed by atoms with Crippen LogP contribution >= 0.6 is 23.6 Å². The largest absolute Gasteiger partial charge is 0.389 e. The topological polar surface area (TPSA) is 55.0 Å². The number of nitrogens with two attached hydrogens (primary N) is 1. The molecule has 0 aliphatic heterocycles. The number of anilines is 1. The van der Waals surface area contributed by atoms with Crippen LogP contribution in [-0.4, -0.2) is 22.0 Å². The zero-order valence-corrected chi connectivity index (χ0v) is 11.9. The van der Waals surface area contributed by atoms with Crippen molar-refractivity contribution in [1.29, 1.82) is 0 Å². The Morgan fingerprint density at radius 1 is 1.56 bits per heavy atom. The summed E-state index contributed by atoms with van der Waals surface area (Å²) in [5.41, 5.74) is 7.52. The third-order valence-electron chi connectivity index (χ3n) is 2.48. The van der Waals surface area contributed by atoms with E-state index in [0.29, 0.717) is 11.5 Å². The Balaban J connectivity index is 2.23. The van der Waals surface area contributed by atoms with Crippen LogP contribution in [0.1, 0.15) is 16.3 Å². The van der Waals surface area contributed by atoms with Crippen LogP contribution in [0.25, 0.3) is 0 Å². The number of hydrogen-bond donors (Lipinski definition) is 1. The summed E-state index contributed by atoms with van der Waals surface area (Å²) in [7, 11) is 1.96. The van der Waals surface area contributed by atoms with Gasteiger partial charge in [0.1, 0.15) is 10.8 Å². The molecule has 0 saturated carbocycles. The van der Waals surface area contributed by atoms with Crippen molar-refractivity contribution in [1.82, 2.24) is 9.97 Å². The molecule has 0 fully saturated rings. The minimum Gasteiger partial charge on any atom is -0.389 e. The van der Waals surface area contributed by atoms with Crippen LogP contribution in [0, 0.1) is 6.92 Å². The van der Waals surface area contributed by atoms with Gasteiger partial charge >= 0.3 is 0 Å². The quantitative estimate of drug-likeness (QED) is 0.868. The van der Waals surface area contributed by atoms with Crippen LogP contribution in [-0.2, 0) is 6.54 Å². The maximum Gasteiger partial charge on any atom is 0.138 e. The molecule has 18 heavy (non-hydrogen) atoms. The molecule has 0 aliphatic rings. The fourth-order valence-corrected chi connectivity index (χ4v) is 2.46. The van der Waals surface area contributed by atoms with E-state index in [1.165, 1.54) is 0 Å². The van der Waals surface area contributed by atoms with Gasteiger partial charge in [0.2, 0.25) is 0 Å². The number of aromatic nitrogens is 2. The predicted molar refractivity (Wildman–Crippen MR) is 79.1 cm³/mol. The molecule has 2 N–H and O–H groups in total. The summed E-state index contributed by atoms with van der Waals surface area (Å²) in [6, 6.07) is 3.71. The Hall–Kier alpha value is -1.53. The molecule has 2 aromatic rings. The first-order valence-corrected chi connectivity index (χ1v) is 6.73. The molecule has 94 valence electrons. The van der Waals surface area contributed by atoms with Gasteiger partial charge in [-0.3, -0.25) is 0 Å². The molecule has 0 radical (unpaired) electrons. The van der Waals surface area contributed by atoms with E-state index >= 15 is 0 Å². The van der Waals surface area contributed by atoms with Gasteiger partial charge in [-0.15, -0.1) is 11.3 Å². The number of aryl methyl sites for hydroxylation is 1. The summed E-state index contributed by atoms with van der Waals surface area (Å²) < 4.78 is 0. The van der Waals surface area contributed by atoms with E-state index < -0.39 is 0 Å². The van der Waals surface area contributed by atoms with Crippen molar-refractivity contribution in [2.45, 2.75) is 13.5 Å². The molecule has 0 aromatic carbocycles. The number of rotatable bonds is 4. The maximum absolute atomic E-state index is 5.70. The Labute approximate surface area is 115 Å². The van der Waals surface area contributed by atoms with Gasteiger partial charge in [0, 0.05) is 18.6 Å². The Morgan fingerprint density at radius 3 is 2.94 bits per heavy atom. The van der Waals surface area contributed by atoms with Crippen LogP contribution in [0.3, 0.4) is 0 Å². The fourth-order valence-electron chi connectivity index (χ4n) is 1.69. The van der Waals surface area contributed by atoms with E-state index in [9.17, 15) is 0 Å². The molecular formula is C12H14N4S2. The second-order valence-electron chi connectivity index (χ2n) is 3.95. The zero-order chi connectivity index (χ0) is 13.1. The maximum atomic E-state index is 5.70. The van der Waals surface area contributed by atoms with Gasteiger partial charge in [-0.25, -0.2) is 9.97 Å². The molecule has 0 bridgehead atoms. The zero-order valence-electron chi connectivity index (χ0n) is 10.3. The van der Waals surface area contributed by atoms with Crippen LogP contribution in [0.15, 0.2) is 23.7 Å². The van der Waals surface area contributed by atoms with E-state index in [0.717, 1.165) is 22.1 Å². The molecule has 2 rings (SSSR count). The Morgan fingerprint density at radius 2 is 2.33 bits per heavy atom. The van der Waals surface area contributed by atoms with Crippen LogP contribution in [0.2, 0.25) is 0 Å². The van der Waals surface area contributed by atoms with Crippen molar-refractivity contribution < 1.29 is 0 Å². The van der Waals surface area contributed by atoms with Gasteiger partial charge in [0.05, 0.1) is 22.8 Å². The highest BCUT2D eigenvalue weighted by Crippen LogP contribution is 2.18. The lowest BCUT2D eigenvalue weighted by atomic mass is 10.2. The summed E-state index contributed by atoms with van der Waals surface area (Å²) in [5.74, 6) is 0.788. The number of nitrogens with zero attached hydrogens (tertiary/aromatic N) is 3. The second kappa shape index (κ2) is 5.41. The summed E-state index contributed by atoms with van der Waals surface area (Å²) in [5, 5.41) is 3.11. The lowest BCUT2D eigenvalue weighted by molar-refractivity contribution is 0.869. The van der Waals surface area contributed by atoms with Gasteiger partial charge < -0.3 is 10.6 Å². The van der Waals surface area contributed by atoms with Gasteiger partial charge in [-0.05, 0) is 19.1 Å². The van der Waals surface area contributed by atoms with Crippen LogP contribution in [0.5, 0.6) is 0 Å². The third kappa shape index (κ3) is 2.83. The molecule has 0 atom stereocenters. The lowest BCUT2D eigenvalue weighted by Gasteiger charge is -2.19. The van der Waals surface area contributed by atoms with Gasteiger partial charge in [-0.1, -0.05) is 12.2 Å². The van der Waals surface area contributed by atoms with Crippen molar-refractivity contribution in [2.24, 2.45) is 5.73 Å². The van der Waals surface area contributed by atoms with Crippen LogP contribution < -0.4 is 10.6 Å². The first-order valence-electron chi connectivity index (χ1n) is 5.45. The molecular weight excluding hydrogens is 264 g/mol. The standard InChI is InChI=1S/C12H14N4S2/c1-8-15-9(7-18-8)6-16(2)12-10(11(13)17)4-3-5-14-12/h3-5,7H,6H2,1-2H3,(H2,13,17). The van der Waals surface area contributed by atoms with Crippen molar-refractivity contribution in [3.8, 4) is 0 Å². The Kier molecular flexibility index (Phi) is 3.88. The molecule has 0 unspecified atom stereocenters. The molecule has 2 aromatic heterocycles. The third-order valence-corrected chi connectivity index (χ3v) is 3.52. The van der Waals surface area contributed by atoms with Gasteiger partial charge in [0.25, 0.3) is 0 Å². The highest BCUT2D eigenvalue weighted by Gasteiger charge is 2.12. The smallest absolute Gasteiger partial charge is 0.138 e. The molecule has 6 heteroatoms. The molecule has 0 aliphatic carbocycles. The monoisotopic (exact) mass is 278 g/mol. The number of pyridine rings is 1. The number of thiocarbonyl (C=S) groups is 1. The van der Waals surface area contributed by atoms with Crippen molar-refractivity contribution in [3.05, 3.63) is 40.0 Å². The fraction of sp³-hybridized carbons (Fsp3) is 0.250. The normalized spacial score (nSPS) is 10.3. The summed E-state index contributed by atoms with van der Waals surface area (Å²) in [6.07, 6.45) is 1.74. The van der Waals surface area contributed by atoms with Gasteiger partial charge in [-0.2, -0.15) is 0 Å². The molecule has 0 saturated heterocycles. The highest BCUT2D eigenvalue weighted by atomic mass is 32.1. The minimum atomic E-state index is 0.361. The highest BCUT2D eigenvalue weighted by molar-refractivity contribution is 7.80. The van der Waals surface area contributed by atoms with Crippen molar-refractivity contribution >= 4 is 34.4 Å². The van der Waals surface area contributed by atoms with Crippen molar-refractivity contribution in [3.63, 3.8) is 0 Å². The molecule has 0 amide bonds. The summed E-state index contributed by atoms with van der Waals surface area (Å²) in [6.45, 7) is 2.69. The average molecular weight is 278 g/mol. The first-order chi connectivity index (χ1) is 8.58. The molecule has 2 heterocycles. The Bertz CT molecular complexity index is 565.